The number of methoxy groups -OCH3 is 1. The highest BCUT2D eigenvalue weighted by Crippen LogP contribution is 2.44. The fraction of sp³-hybridized carbons (Fsp3) is 0.632. The Morgan fingerprint density at radius 3 is 2.80 bits per heavy atom. The number of carbonyl (C=O) groups is 1. The number of morpholine rings is 1. The first kappa shape index (κ1) is 20.0. The molecule has 0 bridgehead atoms. The molecular weight excluding hydrogens is 340 g/mol. The van der Waals surface area contributed by atoms with Gasteiger partial charge in [-0.05, 0) is 18.9 Å². The third-order valence-electron chi connectivity index (χ3n) is 5.29. The SMILES string of the molecule is COc1ccccc1C1(CNC(=O)CC2COCCN2)CCCC1.Cl. The van der Waals surface area contributed by atoms with E-state index in [2.05, 4.69) is 22.8 Å². The number of benzene rings is 1. The molecule has 1 saturated carbocycles. The van der Waals surface area contributed by atoms with E-state index in [-0.39, 0.29) is 29.8 Å². The maximum atomic E-state index is 12.4. The number of amides is 1. The van der Waals surface area contributed by atoms with Crippen molar-refractivity contribution in [1.29, 1.82) is 0 Å². The molecular formula is C19H29ClN2O3. The van der Waals surface area contributed by atoms with Crippen LogP contribution < -0.4 is 15.4 Å². The van der Waals surface area contributed by atoms with Crippen LogP contribution in [0.3, 0.4) is 0 Å². The maximum absolute atomic E-state index is 12.4. The standard InChI is InChI=1S/C19H28N2O3.ClH/c1-23-17-7-3-2-6-16(17)19(8-4-5-9-19)14-21-18(22)12-15-13-24-11-10-20-15;/h2-3,6-7,15,20H,4-5,8-14H2,1H3,(H,21,22);1H. The molecule has 25 heavy (non-hydrogen) atoms. The molecule has 1 aromatic rings. The molecule has 1 aromatic carbocycles. The molecule has 2 fully saturated rings. The van der Waals surface area contributed by atoms with Gasteiger partial charge >= 0.3 is 0 Å². The van der Waals surface area contributed by atoms with Crippen LogP contribution in [0, 0.1) is 0 Å². The Morgan fingerprint density at radius 1 is 1.36 bits per heavy atom. The lowest BCUT2D eigenvalue weighted by Crippen LogP contribution is -2.46. The number of carbonyl (C=O) groups excluding carboxylic acids is 1. The Balaban J connectivity index is 0.00000225. The van der Waals surface area contributed by atoms with Crippen molar-refractivity contribution in [3.05, 3.63) is 29.8 Å². The van der Waals surface area contributed by atoms with Gasteiger partial charge in [0.25, 0.3) is 0 Å². The van der Waals surface area contributed by atoms with Crippen molar-refractivity contribution in [3.63, 3.8) is 0 Å². The first-order valence-corrected chi connectivity index (χ1v) is 8.95. The van der Waals surface area contributed by atoms with Crippen molar-refractivity contribution in [3.8, 4) is 5.75 Å². The molecule has 0 radical (unpaired) electrons. The monoisotopic (exact) mass is 368 g/mol. The van der Waals surface area contributed by atoms with Crippen LogP contribution in [0.15, 0.2) is 24.3 Å². The Morgan fingerprint density at radius 2 is 2.12 bits per heavy atom. The summed E-state index contributed by atoms with van der Waals surface area (Å²) in [7, 11) is 1.72. The van der Waals surface area contributed by atoms with Crippen molar-refractivity contribution in [2.75, 3.05) is 33.4 Å². The summed E-state index contributed by atoms with van der Waals surface area (Å²) in [6.07, 6.45) is 5.07. The molecule has 5 nitrogen and oxygen atoms in total. The van der Waals surface area contributed by atoms with E-state index in [4.69, 9.17) is 9.47 Å². The van der Waals surface area contributed by atoms with Crippen LogP contribution in [0.1, 0.15) is 37.7 Å². The van der Waals surface area contributed by atoms with Gasteiger partial charge in [-0.1, -0.05) is 31.0 Å². The Labute approximate surface area is 156 Å². The quantitative estimate of drug-likeness (QED) is 0.809. The van der Waals surface area contributed by atoms with Gasteiger partial charge in [0, 0.05) is 36.5 Å². The summed E-state index contributed by atoms with van der Waals surface area (Å²) in [5.74, 6) is 1.02. The fourth-order valence-corrected chi connectivity index (χ4v) is 3.99. The Hall–Kier alpha value is -1.30. The first-order valence-electron chi connectivity index (χ1n) is 8.95. The highest BCUT2D eigenvalue weighted by Gasteiger charge is 2.38. The average Bonchev–Trinajstić information content (AvgIpc) is 3.11. The zero-order valence-corrected chi connectivity index (χ0v) is 15.7. The number of nitrogens with one attached hydrogen (secondary N) is 2. The number of halogens is 1. The van der Waals surface area contributed by atoms with E-state index in [0.29, 0.717) is 19.6 Å². The summed E-state index contributed by atoms with van der Waals surface area (Å²) in [6.45, 7) is 2.85. The van der Waals surface area contributed by atoms with Gasteiger partial charge in [0.05, 0.1) is 20.3 Å². The van der Waals surface area contributed by atoms with Crippen molar-refractivity contribution in [2.45, 2.75) is 43.6 Å². The molecule has 1 amide bonds. The zero-order valence-electron chi connectivity index (χ0n) is 14.9. The zero-order chi connectivity index (χ0) is 16.8. The van der Waals surface area contributed by atoms with Gasteiger partial charge in [0.1, 0.15) is 5.75 Å². The summed E-state index contributed by atoms with van der Waals surface area (Å²) >= 11 is 0. The molecule has 3 rings (SSSR count). The van der Waals surface area contributed by atoms with Crippen molar-refractivity contribution in [2.24, 2.45) is 0 Å². The van der Waals surface area contributed by atoms with Gasteiger partial charge in [-0.2, -0.15) is 0 Å². The summed E-state index contributed by atoms with van der Waals surface area (Å²) < 4.78 is 11.0. The Kier molecular flexibility index (Phi) is 7.54. The maximum Gasteiger partial charge on any atom is 0.221 e. The van der Waals surface area contributed by atoms with E-state index in [1.54, 1.807) is 7.11 Å². The van der Waals surface area contributed by atoms with Gasteiger partial charge in [0.2, 0.25) is 5.91 Å². The smallest absolute Gasteiger partial charge is 0.221 e. The largest absolute Gasteiger partial charge is 0.496 e. The summed E-state index contributed by atoms with van der Waals surface area (Å²) in [4.78, 5) is 12.4. The molecule has 1 aliphatic carbocycles. The van der Waals surface area contributed by atoms with Gasteiger partial charge in [-0.3, -0.25) is 4.79 Å². The van der Waals surface area contributed by atoms with Crippen LogP contribution >= 0.6 is 12.4 Å². The lowest BCUT2D eigenvalue weighted by atomic mass is 9.78. The Bertz CT molecular complexity index is 555. The van der Waals surface area contributed by atoms with E-state index < -0.39 is 0 Å². The number of hydrogen-bond donors (Lipinski definition) is 2. The van der Waals surface area contributed by atoms with Gasteiger partial charge < -0.3 is 20.1 Å². The minimum atomic E-state index is -0.00123. The predicted octanol–water partition coefficient (Wildman–Crippen LogP) is 2.42. The second kappa shape index (κ2) is 9.41. The molecule has 1 heterocycles. The van der Waals surface area contributed by atoms with Crippen molar-refractivity contribution in [1.82, 2.24) is 10.6 Å². The van der Waals surface area contributed by atoms with Crippen LogP contribution in [-0.2, 0) is 14.9 Å². The van der Waals surface area contributed by atoms with Crippen LogP contribution in [0.25, 0.3) is 0 Å². The van der Waals surface area contributed by atoms with Crippen LogP contribution in [-0.4, -0.2) is 45.4 Å². The van der Waals surface area contributed by atoms with Crippen LogP contribution in [0.4, 0.5) is 0 Å². The fourth-order valence-electron chi connectivity index (χ4n) is 3.99. The lowest BCUT2D eigenvalue weighted by Gasteiger charge is -2.32. The minimum absolute atomic E-state index is 0. The molecule has 2 aliphatic rings. The number of rotatable bonds is 6. The third kappa shape index (κ3) is 4.87. The number of ether oxygens (including phenoxy) is 2. The van der Waals surface area contributed by atoms with Crippen molar-refractivity contribution < 1.29 is 14.3 Å². The highest BCUT2D eigenvalue weighted by atomic mass is 35.5. The van der Waals surface area contributed by atoms with Gasteiger partial charge in [-0.15, -0.1) is 12.4 Å². The normalized spacial score (nSPS) is 22.0. The lowest BCUT2D eigenvalue weighted by molar-refractivity contribution is -0.122. The second-order valence-corrected chi connectivity index (χ2v) is 6.89. The number of hydrogen-bond acceptors (Lipinski definition) is 4. The summed E-state index contributed by atoms with van der Waals surface area (Å²) in [6, 6.07) is 8.35. The van der Waals surface area contributed by atoms with E-state index in [0.717, 1.165) is 31.7 Å². The molecule has 1 atom stereocenters. The molecule has 6 heteroatoms. The van der Waals surface area contributed by atoms with Crippen molar-refractivity contribution >= 4 is 18.3 Å². The molecule has 1 aliphatic heterocycles. The molecule has 0 aromatic heterocycles. The van der Waals surface area contributed by atoms with Crippen LogP contribution in [0.5, 0.6) is 5.75 Å². The van der Waals surface area contributed by atoms with E-state index in [1.807, 2.05) is 12.1 Å². The summed E-state index contributed by atoms with van der Waals surface area (Å²) in [5, 5.41) is 6.50. The summed E-state index contributed by atoms with van der Waals surface area (Å²) in [5.41, 5.74) is 1.23. The topological polar surface area (TPSA) is 59.6 Å². The average molecular weight is 369 g/mol. The third-order valence-corrected chi connectivity index (χ3v) is 5.29. The second-order valence-electron chi connectivity index (χ2n) is 6.89. The number of para-hydroxylation sites is 1. The van der Waals surface area contributed by atoms with E-state index in [9.17, 15) is 4.79 Å². The van der Waals surface area contributed by atoms with E-state index in [1.165, 1.54) is 18.4 Å². The minimum Gasteiger partial charge on any atom is -0.496 e. The predicted molar refractivity (Wildman–Crippen MR) is 101 cm³/mol. The highest BCUT2D eigenvalue weighted by molar-refractivity contribution is 5.85. The molecule has 1 saturated heterocycles. The molecule has 2 N–H and O–H groups in total. The van der Waals surface area contributed by atoms with Crippen LogP contribution in [0.2, 0.25) is 0 Å². The van der Waals surface area contributed by atoms with Gasteiger partial charge in [0.15, 0.2) is 0 Å². The molecule has 1 unspecified atom stereocenters. The first-order chi connectivity index (χ1) is 11.7. The molecule has 0 spiro atoms. The van der Waals surface area contributed by atoms with Gasteiger partial charge in [-0.25, -0.2) is 0 Å². The van der Waals surface area contributed by atoms with E-state index >= 15 is 0 Å². The molecule has 140 valence electrons.